The molecule has 0 unspecified atom stereocenters. The maximum absolute atomic E-state index is 15.4. The number of halogens is 1. The number of nitrogens with one attached hydrogen (secondary N) is 1. The SMILES string of the molecule is C[C@@H](Oc1cc(N2CC[C@H](N(C)C)C2)cc2ncnc(Nc3ccc4ncccc4c3F)c12)C1COC1. The molecule has 0 spiro atoms. The van der Waals surface area contributed by atoms with Crippen LogP contribution >= 0.6 is 0 Å². The van der Waals surface area contributed by atoms with Crippen molar-refractivity contribution in [3.63, 3.8) is 0 Å². The Bertz CT molecular complexity index is 1440. The molecule has 0 saturated carbocycles. The Balaban J connectivity index is 1.42. The van der Waals surface area contributed by atoms with Gasteiger partial charge in [-0.05, 0) is 57.8 Å². The van der Waals surface area contributed by atoms with Gasteiger partial charge in [0.15, 0.2) is 5.82 Å². The van der Waals surface area contributed by atoms with Gasteiger partial charge in [0, 0.05) is 48.4 Å². The number of nitrogens with zero attached hydrogens (tertiary/aromatic N) is 5. The van der Waals surface area contributed by atoms with E-state index >= 15 is 4.39 Å². The molecule has 4 heterocycles. The molecule has 9 heteroatoms. The van der Waals surface area contributed by atoms with Gasteiger partial charge in [0.1, 0.15) is 24.0 Å². The summed E-state index contributed by atoms with van der Waals surface area (Å²) in [6, 6.07) is 11.6. The lowest BCUT2D eigenvalue weighted by Crippen LogP contribution is -2.39. The molecular weight excluding hydrogens is 471 g/mol. The first-order valence-corrected chi connectivity index (χ1v) is 12.7. The van der Waals surface area contributed by atoms with E-state index in [9.17, 15) is 0 Å². The predicted octanol–water partition coefficient (Wildman–Crippen LogP) is 4.61. The van der Waals surface area contributed by atoms with E-state index in [-0.39, 0.29) is 11.9 Å². The summed E-state index contributed by atoms with van der Waals surface area (Å²) in [4.78, 5) is 18.0. The summed E-state index contributed by atoms with van der Waals surface area (Å²) in [5.41, 5.74) is 2.74. The van der Waals surface area contributed by atoms with Crippen molar-refractivity contribution in [2.24, 2.45) is 5.92 Å². The van der Waals surface area contributed by atoms with Gasteiger partial charge in [-0.2, -0.15) is 0 Å². The topological polar surface area (TPSA) is 75.6 Å². The van der Waals surface area contributed by atoms with Gasteiger partial charge in [-0.3, -0.25) is 4.98 Å². The van der Waals surface area contributed by atoms with Crippen LogP contribution in [-0.2, 0) is 4.74 Å². The second-order valence-corrected chi connectivity index (χ2v) is 10.2. The van der Waals surface area contributed by atoms with Crippen molar-refractivity contribution in [1.82, 2.24) is 19.9 Å². The molecule has 0 radical (unpaired) electrons. The monoisotopic (exact) mass is 502 g/mol. The molecule has 1 N–H and O–H groups in total. The number of anilines is 3. The van der Waals surface area contributed by atoms with Crippen LogP contribution in [0.2, 0.25) is 0 Å². The molecule has 0 bridgehead atoms. The van der Waals surface area contributed by atoms with Gasteiger partial charge >= 0.3 is 0 Å². The number of ether oxygens (including phenoxy) is 2. The van der Waals surface area contributed by atoms with Crippen molar-refractivity contribution in [3.05, 3.63) is 54.7 Å². The summed E-state index contributed by atoms with van der Waals surface area (Å²) in [6.45, 7) is 5.35. The van der Waals surface area contributed by atoms with Crippen LogP contribution in [0.15, 0.2) is 48.9 Å². The highest BCUT2D eigenvalue weighted by Crippen LogP contribution is 2.39. The van der Waals surface area contributed by atoms with Crippen LogP contribution in [-0.4, -0.2) is 72.4 Å². The highest BCUT2D eigenvalue weighted by molar-refractivity contribution is 5.98. The van der Waals surface area contributed by atoms with Crippen LogP contribution < -0.4 is 15.0 Å². The van der Waals surface area contributed by atoms with E-state index in [1.807, 2.05) is 0 Å². The van der Waals surface area contributed by atoms with Gasteiger partial charge < -0.3 is 24.6 Å². The van der Waals surface area contributed by atoms with Crippen LogP contribution in [0.25, 0.3) is 21.8 Å². The minimum atomic E-state index is -0.372. The molecule has 8 nitrogen and oxygen atoms in total. The third-order valence-electron chi connectivity index (χ3n) is 7.56. The molecule has 2 fully saturated rings. The third-order valence-corrected chi connectivity index (χ3v) is 7.56. The van der Waals surface area contributed by atoms with Crippen LogP contribution in [0.3, 0.4) is 0 Å². The number of hydrogen-bond donors (Lipinski definition) is 1. The largest absolute Gasteiger partial charge is 0.489 e. The maximum atomic E-state index is 15.4. The van der Waals surface area contributed by atoms with Crippen molar-refractivity contribution >= 4 is 39.0 Å². The average molecular weight is 503 g/mol. The molecule has 0 amide bonds. The van der Waals surface area contributed by atoms with E-state index in [0.29, 0.717) is 53.3 Å². The zero-order valence-electron chi connectivity index (χ0n) is 21.3. The number of aromatic nitrogens is 3. The molecule has 4 aromatic rings. The lowest BCUT2D eigenvalue weighted by Gasteiger charge is -2.32. The number of pyridine rings is 1. The summed E-state index contributed by atoms with van der Waals surface area (Å²) in [6.07, 6.45) is 4.22. The van der Waals surface area contributed by atoms with Crippen molar-refractivity contribution in [1.29, 1.82) is 0 Å². The summed E-state index contributed by atoms with van der Waals surface area (Å²) >= 11 is 0. The minimum Gasteiger partial charge on any atom is -0.489 e. The fourth-order valence-corrected chi connectivity index (χ4v) is 5.07. The van der Waals surface area contributed by atoms with Gasteiger partial charge in [0.2, 0.25) is 0 Å². The second-order valence-electron chi connectivity index (χ2n) is 10.2. The Morgan fingerprint density at radius 2 is 2.00 bits per heavy atom. The average Bonchev–Trinajstić information content (AvgIpc) is 3.36. The second kappa shape index (κ2) is 9.72. The normalized spacial score (nSPS) is 18.9. The minimum absolute atomic E-state index is 0.0446. The predicted molar refractivity (Wildman–Crippen MR) is 143 cm³/mol. The first kappa shape index (κ1) is 23.8. The zero-order chi connectivity index (χ0) is 25.5. The molecule has 2 aromatic heterocycles. The highest BCUT2D eigenvalue weighted by atomic mass is 19.1. The molecular formula is C28H31FN6O2. The molecule has 6 rings (SSSR count). The highest BCUT2D eigenvalue weighted by Gasteiger charge is 2.29. The lowest BCUT2D eigenvalue weighted by atomic mass is 10.0. The standard InChI is InChI=1S/C28H31FN6O2/c1-17(18-14-36-15-18)37-25-12-20(35-10-8-19(13-35)34(2)3)11-24-26(25)28(32-16-31-24)33-23-7-6-22-21(27(23)29)5-4-9-30-22/h4-7,9,11-12,16-19H,8,10,13-15H2,1-3H3,(H,31,32,33)/t17-,19+/m1/s1. The van der Waals surface area contributed by atoms with E-state index in [1.165, 1.54) is 6.33 Å². The van der Waals surface area contributed by atoms with Crippen LogP contribution in [0.5, 0.6) is 5.75 Å². The van der Waals surface area contributed by atoms with Gasteiger partial charge in [-0.15, -0.1) is 0 Å². The molecule has 2 aliphatic rings. The molecule has 0 aliphatic carbocycles. The number of rotatable bonds is 7. The van der Waals surface area contributed by atoms with E-state index in [0.717, 1.165) is 36.1 Å². The number of fused-ring (bicyclic) bond motifs is 2. The Labute approximate surface area is 215 Å². The van der Waals surface area contributed by atoms with E-state index < -0.39 is 0 Å². The Morgan fingerprint density at radius 1 is 1.14 bits per heavy atom. The van der Waals surface area contributed by atoms with E-state index in [4.69, 9.17) is 9.47 Å². The first-order chi connectivity index (χ1) is 18.0. The van der Waals surface area contributed by atoms with Crippen LogP contribution in [0.4, 0.5) is 21.6 Å². The van der Waals surface area contributed by atoms with Gasteiger partial charge in [0.25, 0.3) is 0 Å². The first-order valence-electron chi connectivity index (χ1n) is 12.7. The van der Waals surface area contributed by atoms with Crippen molar-refractivity contribution in [2.75, 3.05) is 50.6 Å². The van der Waals surface area contributed by atoms with Crippen molar-refractivity contribution < 1.29 is 13.9 Å². The van der Waals surface area contributed by atoms with Gasteiger partial charge in [0.05, 0.1) is 35.3 Å². The molecule has 2 aromatic carbocycles. The number of likely N-dealkylation sites (N-methyl/N-ethyl adjacent to an activating group) is 1. The smallest absolute Gasteiger partial charge is 0.156 e. The Kier molecular flexibility index (Phi) is 6.26. The number of benzene rings is 2. The zero-order valence-corrected chi connectivity index (χ0v) is 21.3. The summed E-state index contributed by atoms with van der Waals surface area (Å²) < 4.78 is 27.3. The number of hydrogen-bond acceptors (Lipinski definition) is 8. The van der Waals surface area contributed by atoms with Crippen LogP contribution in [0, 0.1) is 11.7 Å². The van der Waals surface area contributed by atoms with Crippen LogP contribution in [0.1, 0.15) is 13.3 Å². The van der Waals surface area contributed by atoms with Crippen molar-refractivity contribution in [2.45, 2.75) is 25.5 Å². The Hall–Kier alpha value is -3.56. The molecule has 37 heavy (non-hydrogen) atoms. The quantitative estimate of drug-likeness (QED) is 0.393. The summed E-state index contributed by atoms with van der Waals surface area (Å²) in [5.74, 6) is 1.14. The maximum Gasteiger partial charge on any atom is 0.156 e. The molecule has 2 atom stereocenters. The lowest BCUT2D eigenvalue weighted by molar-refractivity contribution is -0.0773. The summed E-state index contributed by atoms with van der Waals surface area (Å²) in [7, 11) is 4.25. The molecule has 192 valence electrons. The van der Waals surface area contributed by atoms with E-state index in [2.05, 4.69) is 63.2 Å². The summed E-state index contributed by atoms with van der Waals surface area (Å²) in [5, 5.41) is 4.39. The molecule has 2 saturated heterocycles. The third kappa shape index (κ3) is 4.53. The van der Waals surface area contributed by atoms with Crippen molar-refractivity contribution in [3.8, 4) is 5.75 Å². The van der Waals surface area contributed by atoms with Gasteiger partial charge in [-0.25, -0.2) is 14.4 Å². The fourth-order valence-electron chi connectivity index (χ4n) is 5.07. The van der Waals surface area contributed by atoms with Gasteiger partial charge in [-0.1, -0.05) is 0 Å². The Morgan fingerprint density at radius 3 is 2.76 bits per heavy atom. The van der Waals surface area contributed by atoms with E-state index in [1.54, 1.807) is 30.5 Å². The molecule has 2 aliphatic heterocycles. The fraction of sp³-hybridized carbons (Fsp3) is 0.393.